The molecular formula is C34H22CuN7Na4O16S5. The van der Waals surface area contributed by atoms with Crippen molar-refractivity contribution in [3.8, 4) is 11.5 Å². The molecule has 0 unspecified atom stereocenters. The van der Waals surface area contributed by atoms with Crippen LogP contribution in [0.2, 0.25) is 0 Å². The molecule has 0 spiro atoms. The van der Waals surface area contributed by atoms with Crippen molar-refractivity contribution in [3.05, 3.63) is 95.7 Å². The normalized spacial score (nSPS) is 12.0. The Morgan fingerprint density at radius 1 is 0.612 bits per heavy atom. The van der Waals surface area contributed by atoms with E-state index in [0.717, 1.165) is 24.5 Å². The third kappa shape index (κ3) is 16.5. The summed E-state index contributed by atoms with van der Waals surface area (Å²) < 4.78 is 145. The van der Waals surface area contributed by atoms with Crippen molar-refractivity contribution in [2.45, 2.75) is 19.6 Å². The number of phenolic OH excluding ortho intramolecular Hbond substituents is 1. The monoisotopic (exact) mass is 1100 g/mol. The molecule has 0 amide bonds. The van der Waals surface area contributed by atoms with Gasteiger partial charge in [-0.3, -0.25) is 5.04 Å². The summed E-state index contributed by atoms with van der Waals surface area (Å²) in [7, 11) is -18.3. The molecule has 0 atom stereocenters. The molecule has 0 aliphatic heterocycles. The van der Waals surface area contributed by atoms with Crippen molar-refractivity contribution in [2.75, 3.05) is 13.4 Å². The van der Waals surface area contributed by atoms with E-state index in [1.807, 2.05) is 0 Å². The fraction of sp³-hybridized carbons (Fsp3) is 0.0588. The van der Waals surface area contributed by atoms with Crippen LogP contribution in [0.5, 0.6) is 11.5 Å². The zero-order chi connectivity index (χ0) is 45.2. The number of ether oxygens (including phenoxy) is 1. The molecule has 23 nitrogen and oxygen atoms in total. The van der Waals surface area contributed by atoms with Gasteiger partial charge in [0, 0.05) is 17.7 Å². The topological polar surface area (TPSA) is 365 Å². The first kappa shape index (κ1) is 63.5. The summed E-state index contributed by atoms with van der Waals surface area (Å²) in [4.78, 5) is -2.95. The van der Waals surface area contributed by atoms with Gasteiger partial charge >= 0.3 is 135 Å². The second kappa shape index (κ2) is 26.2. The van der Waals surface area contributed by atoms with E-state index in [2.05, 4.69) is 44.8 Å². The SMILES string of the molecule is COc1cc(N=Nc2ccc3c(S(=O)(=O)[O-])cc(S(=O)(=O)[O-])cc3c2)ccc1N=Nc1cc2c(O)c(N=Nc3ccccc3[N-]S(C)(=O)=O)c(SOO[O-])cc2cc1S(=O)(=O)[O-].[Cu+].[Na+].[Na+].[Na+].[Na+]. The van der Waals surface area contributed by atoms with E-state index in [4.69, 9.17) is 4.74 Å². The maximum atomic E-state index is 12.4. The summed E-state index contributed by atoms with van der Waals surface area (Å²) in [6, 6.07) is 17.7. The molecule has 334 valence electrons. The molecule has 0 aliphatic carbocycles. The average molecular weight is 1100 g/mol. The van der Waals surface area contributed by atoms with Crippen LogP contribution in [-0.2, 0) is 66.8 Å². The van der Waals surface area contributed by atoms with Crippen molar-refractivity contribution in [3.63, 3.8) is 0 Å². The van der Waals surface area contributed by atoms with Crippen LogP contribution >= 0.6 is 12.0 Å². The van der Waals surface area contributed by atoms with Gasteiger partial charge < -0.3 is 33.5 Å². The van der Waals surface area contributed by atoms with Crippen molar-refractivity contribution < 1.29 is 207 Å². The van der Waals surface area contributed by atoms with E-state index in [-0.39, 0.29) is 214 Å². The molecule has 0 saturated heterocycles. The van der Waals surface area contributed by atoms with Crippen LogP contribution in [0.25, 0.3) is 26.3 Å². The van der Waals surface area contributed by atoms with Gasteiger partial charge in [0.05, 0.1) is 65.8 Å². The molecule has 0 aromatic heterocycles. The quantitative estimate of drug-likeness (QED) is 0.0251. The van der Waals surface area contributed by atoms with Gasteiger partial charge in [0.2, 0.25) is 0 Å². The van der Waals surface area contributed by atoms with E-state index >= 15 is 0 Å². The van der Waals surface area contributed by atoms with Gasteiger partial charge in [-0.1, -0.05) is 24.3 Å². The summed E-state index contributed by atoms with van der Waals surface area (Å²) in [5, 5.41) is 48.9. The number of phenols is 1. The largest absolute Gasteiger partial charge is 1.00 e. The third-order valence-corrected chi connectivity index (χ3v) is 11.8. The number of sulfonamides is 1. The molecule has 0 radical (unpaired) electrons. The zero-order valence-electron chi connectivity index (χ0n) is 35.2. The molecule has 0 bridgehead atoms. The molecule has 67 heavy (non-hydrogen) atoms. The fourth-order valence-electron chi connectivity index (χ4n) is 5.50. The number of methoxy groups -OCH3 is 1. The van der Waals surface area contributed by atoms with Gasteiger partial charge in [-0.05, 0) is 76.8 Å². The average Bonchev–Trinajstić information content (AvgIpc) is 3.19. The van der Waals surface area contributed by atoms with Gasteiger partial charge in [-0.2, -0.15) is 19.7 Å². The van der Waals surface area contributed by atoms with Crippen molar-refractivity contribution in [1.82, 2.24) is 0 Å². The predicted molar refractivity (Wildman–Crippen MR) is 211 cm³/mol. The van der Waals surface area contributed by atoms with Crippen LogP contribution in [-0.4, -0.2) is 65.8 Å². The first-order valence-corrected chi connectivity index (χ1v) is 23.2. The number of hydrogen-bond donors (Lipinski definition) is 1. The molecule has 6 rings (SSSR count). The number of aromatic hydroxyl groups is 1. The molecule has 6 aromatic carbocycles. The molecule has 0 aliphatic rings. The van der Waals surface area contributed by atoms with Crippen LogP contribution < -0.4 is 128 Å². The number of fused-ring (bicyclic) bond motifs is 2. The smallest absolute Gasteiger partial charge is 0.744 e. The van der Waals surface area contributed by atoms with Gasteiger partial charge in [0.25, 0.3) is 0 Å². The minimum Gasteiger partial charge on any atom is -0.744 e. The van der Waals surface area contributed by atoms with E-state index in [9.17, 15) is 57.7 Å². The Hall–Kier alpha value is -1.53. The van der Waals surface area contributed by atoms with Gasteiger partial charge in [0.15, 0.2) is 5.75 Å². The van der Waals surface area contributed by atoms with E-state index in [1.54, 1.807) is 0 Å². The summed E-state index contributed by atoms with van der Waals surface area (Å²) >= 11 is 0.234. The zero-order valence-corrected chi connectivity index (χ0v) is 48.2. The molecule has 33 heteroatoms. The van der Waals surface area contributed by atoms with E-state index in [1.165, 1.54) is 73.8 Å². The first-order valence-electron chi connectivity index (χ1n) is 16.4. The summed E-state index contributed by atoms with van der Waals surface area (Å²) in [6.45, 7) is 0. The fourth-order valence-corrected chi connectivity index (χ4v) is 8.47. The Morgan fingerprint density at radius 2 is 1.19 bits per heavy atom. The molecule has 0 fully saturated rings. The number of hydrogen-bond acceptors (Lipinski definition) is 23. The van der Waals surface area contributed by atoms with Crippen LogP contribution in [0.3, 0.4) is 0 Å². The van der Waals surface area contributed by atoms with Gasteiger partial charge in [-0.15, -0.1) is 21.0 Å². The molecule has 1 N–H and O–H groups in total. The standard InChI is InChI=1S/C34H26N7O16S5.Cu.4Na/c1-55-29-15-21(36-35-20-7-9-23-18(11-20)12-22(60(46,47)48)16-31(23)61(49,50)51)8-10-27(29)38-39-28-17-24-19(14-32(28)62(52,53)54)13-30(58-57-56-43)33(34(24)42)40-37-25-5-3-4-6-26(25)41-59(2,44)45;;;;;/h3-17H,1-2H3,(H5-,35,36,37,38,39,40,41,42,43,46,47,48,49,50,51,52,53,54);;;;;/q-1;5*+1/p-4. The Morgan fingerprint density at radius 3 is 1.79 bits per heavy atom. The van der Waals surface area contributed by atoms with Crippen LogP contribution in [0.15, 0.2) is 141 Å². The number of benzene rings is 6. The van der Waals surface area contributed by atoms with Crippen LogP contribution in [0.1, 0.15) is 0 Å². The Labute approximate surface area is 485 Å². The minimum absolute atomic E-state index is 0. The van der Waals surface area contributed by atoms with E-state index < -0.39 is 66.5 Å². The second-order valence-corrected chi connectivity index (χ2v) is 18.8. The van der Waals surface area contributed by atoms with Crippen molar-refractivity contribution in [1.29, 1.82) is 0 Å². The third-order valence-electron chi connectivity index (χ3n) is 8.09. The number of azo groups is 3. The first-order chi connectivity index (χ1) is 29.1. The van der Waals surface area contributed by atoms with Crippen molar-refractivity contribution in [2.24, 2.45) is 30.7 Å². The molecule has 0 heterocycles. The maximum Gasteiger partial charge on any atom is 1.00 e. The minimum atomic E-state index is -5.29. The Balaban J connectivity index is 0.00000449. The molecular weight excluding hydrogens is 1080 g/mol. The number of nitrogens with zero attached hydrogens (tertiary/aromatic N) is 7. The Bertz CT molecular complexity index is 3360. The van der Waals surface area contributed by atoms with E-state index in [0.29, 0.717) is 6.07 Å². The summed E-state index contributed by atoms with van der Waals surface area (Å²) in [5.74, 6) is -0.708. The predicted octanol–water partition coefficient (Wildman–Crippen LogP) is -5.13. The van der Waals surface area contributed by atoms with Crippen LogP contribution in [0.4, 0.5) is 39.8 Å². The summed E-state index contributed by atoms with van der Waals surface area (Å²) in [5.41, 5.74) is -0.997. The molecule has 0 saturated carbocycles. The molecule has 6 aromatic rings. The number of rotatable bonds is 15. The van der Waals surface area contributed by atoms with Gasteiger partial charge in [0.1, 0.15) is 53.2 Å². The van der Waals surface area contributed by atoms with Crippen LogP contribution in [0, 0.1) is 0 Å². The summed E-state index contributed by atoms with van der Waals surface area (Å²) in [6.07, 6.45) is 0.854. The second-order valence-electron chi connectivity index (χ2n) is 12.3. The van der Waals surface area contributed by atoms with Crippen molar-refractivity contribution >= 4 is 114 Å². The maximum absolute atomic E-state index is 12.4. The Kier molecular flexibility index (Phi) is 24.9. The van der Waals surface area contributed by atoms with Gasteiger partial charge in [-0.25, -0.2) is 33.7 Å².